The van der Waals surface area contributed by atoms with Gasteiger partial charge in [0.2, 0.25) is 0 Å². The number of aromatic nitrogens is 1. The minimum Gasteiger partial charge on any atom is -0.358 e. The highest BCUT2D eigenvalue weighted by molar-refractivity contribution is 5.93. The Hall–Kier alpha value is -1.60. The molecule has 4 N–H and O–H groups in total. The van der Waals surface area contributed by atoms with E-state index in [1.54, 1.807) is 0 Å². The molecule has 0 fully saturated rings. The molecule has 8 heteroatoms. The molecule has 1 heterocycles. The van der Waals surface area contributed by atoms with Crippen LogP contribution in [-0.2, 0) is 0 Å². The molecule has 7 nitrogen and oxygen atoms in total. The minimum absolute atomic E-state index is 0. The summed E-state index contributed by atoms with van der Waals surface area (Å²) in [5, 5.41) is 13.3. The summed E-state index contributed by atoms with van der Waals surface area (Å²) in [5.41, 5.74) is 5.38. The van der Waals surface area contributed by atoms with Crippen molar-refractivity contribution in [3.8, 4) is 0 Å². The Kier molecular flexibility index (Phi) is 6.51. The predicted octanol–water partition coefficient (Wildman–Crippen LogP) is 1.59. The van der Waals surface area contributed by atoms with Crippen LogP contribution in [0.4, 0.5) is 5.82 Å². The zero-order valence-electron chi connectivity index (χ0n) is 10.9. The Morgan fingerprint density at radius 1 is 1.47 bits per heavy atom. The van der Waals surface area contributed by atoms with Gasteiger partial charge in [-0.1, -0.05) is 13.8 Å². The van der Waals surface area contributed by atoms with Crippen molar-refractivity contribution in [3.05, 3.63) is 27.9 Å². The number of hydrogen-bond acceptors (Lipinski definition) is 4. The number of nitrogens with zero attached hydrogens (tertiary/aromatic N) is 1. The largest absolute Gasteiger partial charge is 0.358 e. The average Bonchev–Trinajstić information content (AvgIpc) is 2.86. The molecule has 0 bridgehead atoms. The first-order valence-corrected chi connectivity index (χ1v) is 5.84. The summed E-state index contributed by atoms with van der Waals surface area (Å²) < 4.78 is 0. The van der Waals surface area contributed by atoms with Crippen molar-refractivity contribution in [1.29, 1.82) is 0 Å². The van der Waals surface area contributed by atoms with E-state index in [9.17, 15) is 14.9 Å². The van der Waals surface area contributed by atoms with Crippen LogP contribution in [0.5, 0.6) is 0 Å². The third kappa shape index (κ3) is 3.93. The SMILES string of the molecule is CCC(CC)(CN)NC(=O)c1ccc([N+](=O)[O-])[nH]1.Cl. The first kappa shape index (κ1) is 17.4. The molecule has 0 atom stereocenters. The number of rotatable bonds is 6. The fourth-order valence-electron chi connectivity index (χ4n) is 1.70. The lowest BCUT2D eigenvalue weighted by atomic mass is 9.93. The molecule has 1 aromatic rings. The maximum atomic E-state index is 12.0. The average molecular weight is 291 g/mol. The van der Waals surface area contributed by atoms with Gasteiger partial charge in [-0.05, 0) is 23.8 Å². The van der Waals surface area contributed by atoms with Crippen molar-refractivity contribution >= 4 is 24.1 Å². The van der Waals surface area contributed by atoms with Gasteiger partial charge in [0.25, 0.3) is 5.91 Å². The Bertz CT molecular complexity index is 435. The smallest absolute Gasteiger partial charge is 0.321 e. The van der Waals surface area contributed by atoms with E-state index >= 15 is 0 Å². The van der Waals surface area contributed by atoms with Crippen LogP contribution in [0.2, 0.25) is 0 Å². The molecule has 108 valence electrons. The minimum atomic E-state index is -0.577. The quantitative estimate of drug-likeness (QED) is 0.545. The van der Waals surface area contributed by atoms with Crippen LogP contribution >= 0.6 is 12.4 Å². The normalized spacial score (nSPS) is 10.7. The molecular formula is C11H19ClN4O3. The summed E-state index contributed by atoms with van der Waals surface area (Å²) in [6, 6.07) is 2.65. The molecule has 0 spiro atoms. The molecule has 0 aromatic carbocycles. The number of aromatic amines is 1. The van der Waals surface area contributed by atoms with Gasteiger partial charge in [-0.25, -0.2) is 4.98 Å². The highest BCUT2D eigenvalue weighted by Gasteiger charge is 2.28. The molecule has 1 rings (SSSR count). The lowest BCUT2D eigenvalue weighted by Crippen LogP contribution is -2.52. The molecule has 1 aromatic heterocycles. The number of nitrogens with two attached hydrogens (primary N) is 1. The van der Waals surface area contributed by atoms with Gasteiger partial charge in [0, 0.05) is 12.6 Å². The number of nitrogens with one attached hydrogen (secondary N) is 2. The Balaban J connectivity index is 0.00000324. The molecule has 1 amide bonds. The highest BCUT2D eigenvalue weighted by Crippen LogP contribution is 2.15. The fraction of sp³-hybridized carbons (Fsp3) is 0.545. The van der Waals surface area contributed by atoms with E-state index in [-0.39, 0.29) is 29.8 Å². The predicted molar refractivity (Wildman–Crippen MR) is 74.5 cm³/mol. The maximum Gasteiger partial charge on any atom is 0.321 e. The molecule has 0 unspecified atom stereocenters. The summed E-state index contributed by atoms with van der Waals surface area (Å²) in [6.45, 7) is 4.20. The molecular weight excluding hydrogens is 272 g/mol. The van der Waals surface area contributed by atoms with Crippen LogP contribution in [0, 0.1) is 10.1 Å². The number of H-pyrrole nitrogens is 1. The second-order valence-corrected chi connectivity index (χ2v) is 4.16. The van der Waals surface area contributed by atoms with Crippen molar-refractivity contribution in [3.63, 3.8) is 0 Å². The van der Waals surface area contributed by atoms with Crippen LogP contribution in [-0.4, -0.2) is 27.9 Å². The zero-order chi connectivity index (χ0) is 13.8. The van der Waals surface area contributed by atoms with Gasteiger partial charge < -0.3 is 21.2 Å². The van der Waals surface area contributed by atoms with Gasteiger partial charge >= 0.3 is 5.82 Å². The van der Waals surface area contributed by atoms with Crippen molar-refractivity contribution in [2.45, 2.75) is 32.2 Å². The van der Waals surface area contributed by atoms with E-state index in [1.807, 2.05) is 13.8 Å². The number of nitro groups is 1. The van der Waals surface area contributed by atoms with Gasteiger partial charge in [-0.15, -0.1) is 12.4 Å². The van der Waals surface area contributed by atoms with Crippen molar-refractivity contribution in [2.75, 3.05) is 6.54 Å². The molecule has 0 saturated carbocycles. The van der Waals surface area contributed by atoms with Crippen LogP contribution < -0.4 is 11.1 Å². The third-order valence-corrected chi connectivity index (χ3v) is 3.23. The monoisotopic (exact) mass is 290 g/mol. The van der Waals surface area contributed by atoms with Crippen molar-refractivity contribution in [1.82, 2.24) is 10.3 Å². The molecule has 0 saturated heterocycles. The van der Waals surface area contributed by atoms with Gasteiger partial charge in [-0.3, -0.25) is 4.79 Å². The van der Waals surface area contributed by atoms with E-state index in [0.717, 1.165) is 0 Å². The molecule has 0 aliphatic heterocycles. The fourth-order valence-corrected chi connectivity index (χ4v) is 1.70. The van der Waals surface area contributed by atoms with Crippen molar-refractivity contribution in [2.24, 2.45) is 5.73 Å². The molecule has 0 radical (unpaired) electrons. The van der Waals surface area contributed by atoms with E-state index < -0.39 is 10.5 Å². The molecule has 19 heavy (non-hydrogen) atoms. The maximum absolute atomic E-state index is 12.0. The highest BCUT2D eigenvalue weighted by atomic mass is 35.5. The topological polar surface area (TPSA) is 114 Å². The zero-order valence-corrected chi connectivity index (χ0v) is 11.8. The first-order chi connectivity index (χ1) is 8.48. The summed E-state index contributed by atoms with van der Waals surface area (Å²) in [6.07, 6.45) is 1.41. The van der Waals surface area contributed by atoms with Gasteiger partial charge in [0.1, 0.15) is 0 Å². The van der Waals surface area contributed by atoms with Crippen LogP contribution in [0.1, 0.15) is 37.2 Å². The molecule has 0 aliphatic rings. The summed E-state index contributed by atoms with van der Waals surface area (Å²) >= 11 is 0. The first-order valence-electron chi connectivity index (χ1n) is 5.84. The number of hydrogen-bond donors (Lipinski definition) is 3. The second kappa shape index (κ2) is 7.10. The summed E-state index contributed by atoms with van der Waals surface area (Å²) in [7, 11) is 0. The van der Waals surface area contributed by atoms with Crippen LogP contribution in [0.15, 0.2) is 12.1 Å². The Labute approximate surface area is 117 Å². The van der Waals surface area contributed by atoms with E-state index in [0.29, 0.717) is 19.4 Å². The van der Waals surface area contributed by atoms with Gasteiger partial charge in [0.15, 0.2) is 5.69 Å². The number of carbonyl (C=O) groups is 1. The third-order valence-electron chi connectivity index (χ3n) is 3.23. The number of amides is 1. The van der Waals surface area contributed by atoms with Crippen molar-refractivity contribution < 1.29 is 9.72 Å². The Morgan fingerprint density at radius 2 is 2.05 bits per heavy atom. The summed E-state index contributed by atoms with van der Waals surface area (Å²) in [4.78, 5) is 24.3. The van der Waals surface area contributed by atoms with Crippen LogP contribution in [0.25, 0.3) is 0 Å². The standard InChI is InChI=1S/C11H18N4O3.ClH/c1-3-11(4-2,7-12)14-10(16)8-5-6-9(13-8)15(17)18;/h5-6,13H,3-4,7,12H2,1-2H3,(H,14,16);1H. The number of halogens is 1. The van der Waals surface area contributed by atoms with Crippen LogP contribution in [0.3, 0.4) is 0 Å². The van der Waals surface area contributed by atoms with E-state index in [2.05, 4.69) is 10.3 Å². The van der Waals surface area contributed by atoms with E-state index in [4.69, 9.17) is 5.73 Å². The number of carbonyl (C=O) groups excluding carboxylic acids is 1. The lowest BCUT2D eigenvalue weighted by molar-refractivity contribution is -0.389. The lowest BCUT2D eigenvalue weighted by Gasteiger charge is -2.30. The molecule has 0 aliphatic carbocycles. The van der Waals surface area contributed by atoms with Gasteiger partial charge in [-0.2, -0.15) is 0 Å². The summed E-state index contributed by atoms with van der Waals surface area (Å²) in [5.74, 6) is -0.580. The second-order valence-electron chi connectivity index (χ2n) is 4.16. The van der Waals surface area contributed by atoms with Gasteiger partial charge in [0.05, 0.1) is 5.54 Å². The van der Waals surface area contributed by atoms with E-state index in [1.165, 1.54) is 12.1 Å². The Morgan fingerprint density at radius 3 is 2.42 bits per heavy atom.